The smallest absolute Gasteiger partial charge is 0.475 e. The maximum absolute atomic E-state index is 12.2. The van der Waals surface area contributed by atoms with E-state index in [0.717, 1.165) is 52.2 Å². The monoisotopic (exact) mass is 442 g/mol. The molecule has 2 heterocycles. The summed E-state index contributed by atoms with van der Waals surface area (Å²) >= 11 is 0. The number of carboxylic acid groups (broad SMARTS) is 1. The van der Waals surface area contributed by atoms with E-state index < -0.39 is 12.1 Å². The largest absolute Gasteiger partial charge is 0.490 e. The minimum atomic E-state index is -5.08. The van der Waals surface area contributed by atoms with E-state index in [4.69, 9.17) is 14.6 Å². The van der Waals surface area contributed by atoms with Gasteiger partial charge in [0.15, 0.2) is 0 Å². The molecule has 0 bridgehead atoms. The molecule has 3 fully saturated rings. The van der Waals surface area contributed by atoms with Crippen molar-refractivity contribution < 1.29 is 32.6 Å². The molecule has 0 aromatic heterocycles. The first-order valence-electron chi connectivity index (χ1n) is 10.5. The number of amides is 1. The Kier molecular flexibility index (Phi) is 7.26. The summed E-state index contributed by atoms with van der Waals surface area (Å²) in [4.78, 5) is 23.7. The molecule has 0 radical (unpaired) electrons. The van der Waals surface area contributed by atoms with E-state index in [0.29, 0.717) is 5.92 Å². The Morgan fingerprint density at radius 2 is 1.97 bits per heavy atom. The molecule has 0 unspecified atom stereocenters. The molecule has 2 saturated heterocycles. The highest BCUT2D eigenvalue weighted by Crippen LogP contribution is 2.41. The molecule has 2 N–H and O–H groups in total. The van der Waals surface area contributed by atoms with Crippen molar-refractivity contribution in [3.63, 3.8) is 0 Å². The predicted octanol–water partition coefficient (Wildman–Crippen LogP) is 2.99. The van der Waals surface area contributed by atoms with Crippen molar-refractivity contribution in [2.24, 2.45) is 17.3 Å². The number of benzene rings is 1. The van der Waals surface area contributed by atoms with Crippen LogP contribution < -0.4 is 5.32 Å². The number of rotatable bonds is 5. The summed E-state index contributed by atoms with van der Waals surface area (Å²) in [6.07, 6.45) is -1.74. The van der Waals surface area contributed by atoms with Gasteiger partial charge < -0.3 is 15.2 Å². The molecule has 1 aromatic rings. The minimum absolute atomic E-state index is 0.113. The molecule has 1 aliphatic carbocycles. The minimum Gasteiger partial charge on any atom is -0.475 e. The van der Waals surface area contributed by atoms with Gasteiger partial charge in [0.1, 0.15) is 0 Å². The first kappa shape index (κ1) is 23.5. The van der Waals surface area contributed by atoms with Crippen LogP contribution in [-0.2, 0) is 20.9 Å². The van der Waals surface area contributed by atoms with Crippen LogP contribution in [0.3, 0.4) is 0 Å². The number of nitrogens with one attached hydrogen (secondary N) is 1. The lowest BCUT2D eigenvalue weighted by Gasteiger charge is -2.30. The molecule has 1 amide bonds. The van der Waals surface area contributed by atoms with E-state index in [1.54, 1.807) is 0 Å². The van der Waals surface area contributed by atoms with Crippen LogP contribution in [0.15, 0.2) is 24.3 Å². The summed E-state index contributed by atoms with van der Waals surface area (Å²) < 4.78 is 37.5. The zero-order valence-corrected chi connectivity index (χ0v) is 17.6. The van der Waals surface area contributed by atoms with E-state index in [2.05, 4.69) is 41.4 Å². The second-order valence-electron chi connectivity index (χ2n) is 8.82. The molecule has 1 saturated carbocycles. The number of aliphatic carboxylic acids is 1. The number of nitrogens with zero attached hydrogens (tertiary/aromatic N) is 1. The van der Waals surface area contributed by atoms with Crippen LogP contribution in [0.4, 0.5) is 13.2 Å². The molecule has 0 spiro atoms. The predicted molar refractivity (Wildman–Crippen MR) is 107 cm³/mol. The van der Waals surface area contributed by atoms with Crippen molar-refractivity contribution in [2.75, 3.05) is 32.8 Å². The molecule has 2 aliphatic heterocycles. The van der Waals surface area contributed by atoms with Crippen molar-refractivity contribution in [1.82, 2.24) is 10.2 Å². The zero-order chi connectivity index (χ0) is 22.6. The summed E-state index contributed by atoms with van der Waals surface area (Å²) in [5.74, 6) is -1.68. The fourth-order valence-electron chi connectivity index (χ4n) is 4.42. The van der Waals surface area contributed by atoms with Gasteiger partial charge in [0.2, 0.25) is 5.91 Å². The van der Waals surface area contributed by atoms with Crippen molar-refractivity contribution >= 4 is 11.9 Å². The third kappa shape index (κ3) is 5.77. The molecule has 4 rings (SSSR count). The van der Waals surface area contributed by atoms with Gasteiger partial charge in [-0.3, -0.25) is 9.69 Å². The Morgan fingerprint density at radius 3 is 2.55 bits per heavy atom. The summed E-state index contributed by atoms with van der Waals surface area (Å²) in [5, 5.41) is 10.4. The highest BCUT2D eigenvalue weighted by molar-refractivity contribution is 5.79. The SMILES string of the molecule is Cc1ccccc1CN1C[C@@H]2COC[C@]2(CNC(=O)C2CCC2)C1.O=C(O)C(F)(F)F. The van der Waals surface area contributed by atoms with Gasteiger partial charge in [-0.2, -0.15) is 13.2 Å². The number of ether oxygens (including phenoxy) is 1. The third-order valence-electron chi connectivity index (χ3n) is 6.58. The number of carbonyl (C=O) groups is 2. The van der Waals surface area contributed by atoms with Crippen LogP contribution in [0.25, 0.3) is 0 Å². The molecule has 1 aromatic carbocycles. The number of likely N-dealkylation sites (tertiary alicyclic amines) is 1. The summed E-state index contributed by atoms with van der Waals surface area (Å²) in [6.45, 7) is 7.68. The molecule has 9 heteroatoms. The van der Waals surface area contributed by atoms with Gasteiger partial charge in [0.25, 0.3) is 0 Å². The highest BCUT2D eigenvalue weighted by Gasteiger charge is 2.50. The van der Waals surface area contributed by atoms with Crippen LogP contribution in [0.1, 0.15) is 30.4 Å². The second-order valence-corrected chi connectivity index (χ2v) is 8.82. The highest BCUT2D eigenvalue weighted by atomic mass is 19.4. The number of halogens is 3. The van der Waals surface area contributed by atoms with Gasteiger partial charge in [-0.25, -0.2) is 4.79 Å². The maximum Gasteiger partial charge on any atom is 0.490 e. The average Bonchev–Trinajstić information content (AvgIpc) is 3.17. The first-order valence-corrected chi connectivity index (χ1v) is 10.5. The Bertz CT molecular complexity index is 797. The van der Waals surface area contributed by atoms with Crippen LogP contribution in [-0.4, -0.2) is 60.9 Å². The normalized spacial score (nSPS) is 25.9. The maximum atomic E-state index is 12.2. The number of hydrogen-bond acceptors (Lipinski definition) is 4. The number of carboxylic acids is 1. The number of carbonyl (C=O) groups excluding carboxylic acids is 1. The van der Waals surface area contributed by atoms with Crippen molar-refractivity contribution in [2.45, 2.75) is 38.9 Å². The Labute approximate surface area is 179 Å². The average molecular weight is 442 g/mol. The van der Waals surface area contributed by atoms with Gasteiger partial charge in [0, 0.05) is 43.4 Å². The lowest BCUT2D eigenvalue weighted by Crippen LogP contribution is -2.45. The second kappa shape index (κ2) is 9.56. The van der Waals surface area contributed by atoms with Crippen LogP contribution in [0.5, 0.6) is 0 Å². The summed E-state index contributed by atoms with van der Waals surface area (Å²) in [7, 11) is 0. The van der Waals surface area contributed by atoms with Gasteiger partial charge in [0.05, 0.1) is 13.2 Å². The molecule has 2 atom stereocenters. The van der Waals surface area contributed by atoms with Crippen LogP contribution in [0.2, 0.25) is 0 Å². The lowest BCUT2D eigenvalue weighted by molar-refractivity contribution is -0.192. The Balaban J connectivity index is 0.000000339. The van der Waals surface area contributed by atoms with Gasteiger partial charge in [-0.15, -0.1) is 0 Å². The number of aryl methyl sites for hydroxylation is 1. The number of fused-ring (bicyclic) bond motifs is 1. The van der Waals surface area contributed by atoms with Crippen molar-refractivity contribution in [3.05, 3.63) is 35.4 Å². The van der Waals surface area contributed by atoms with E-state index in [9.17, 15) is 18.0 Å². The van der Waals surface area contributed by atoms with E-state index in [1.807, 2.05) is 0 Å². The van der Waals surface area contributed by atoms with Gasteiger partial charge in [-0.1, -0.05) is 30.7 Å². The molecule has 6 nitrogen and oxygen atoms in total. The van der Waals surface area contributed by atoms with Crippen LogP contribution >= 0.6 is 0 Å². The van der Waals surface area contributed by atoms with Crippen LogP contribution in [0, 0.1) is 24.2 Å². The quantitative estimate of drug-likeness (QED) is 0.733. The fraction of sp³-hybridized carbons (Fsp3) is 0.636. The standard InChI is InChI=1S/C20H28N2O2.C2HF3O2/c1-15-5-2-3-6-17(15)9-22-10-18-11-24-14-20(18,13-22)12-21-19(23)16-7-4-8-16;3-2(4,5)1(6)7/h2-3,5-6,16,18H,4,7-14H2,1H3,(H,21,23);(H,6,7)/t18-,20+;/m1./s1. The van der Waals surface area contributed by atoms with E-state index in [-0.39, 0.29) is 17.2 Å². The summed E-state index contributed by atoms with van der Waals surface area (Å²) in [6, 6.07) is 8.63. The van der Waals surface area contributed by atoms with E-state index in [1.165, 1.54) is 17.5 Å². The van der Waals surface area contributed by atoms with E-state index >= 15 is 0 Å². The summed E-state index contributed by atoms with van der Waals surface area (Å²) in [5.41, 5.74) is 2.88. The molecular weight excluding hydrogens is 413 g/mol. The van der Waals surface area contributed by atoms with Crippen molar-refractivity contribution in [3.8, 4) is 0 Å². The van der Waals surface area contributed by atoms with Gasteiger partial charge >= 0.3 is 12.1 Å². The molecule has 31 heavy (non-hydrogen) atoms. The number of alkyl halides is 3. The lowest BCUT2D eigenvalue weighted by atomic mass is 9.80. The topological polar surface area (TPSA) is 78.9 Å². The fourth-order valence-corrected chi connectivity index (χ4v) is 4.42. The molecule has 3 aliphatic rings. The first-order chi connectivity index (χ1) is 14.6. The third-order valence-corrected chi connectivity index (χ3v) is 6.58. The zero-order valence-electron chi connectivity index (χ0n) is 17.6. The Morgan fingerprint density at radius 1 is 1.29 bits per heavy atom. The molecular formula is C22H29F3N2O4. The number of hydrogen-bond donors (Lipinski definition) is 2. The van der Waals surface area contributed by atoms with Gasteiger partial charge in [-0.05, 0) is 30.9 Å². The Hall–Kier alpha value is -2.13. The van der Waals surface area contributed by atoms with Crippen molar-refractivity contribution in [1.29, 1.82) is 0 Å². The molecule has 172 valence electrons.